The van der Waals surface area contributed by atoms with Crippen molar-refractivity contribution in [2.75, 3.05) is 5.32 Å². The van der Waals surface area contributed by atoms with Gasteiger partial charge in [-0.3, -0.25) is 4.79 Å². The molecule has 0 atom stereocenters. The zero-order valence-corrected chi connectivity index (χ0v) is 12.6. The van der Waals surface area contributed by atoms with Gasteiger partial charge in [-0.25, -0.2) is 4.98 Å². The summed E-state index contributed by atoms with van der Waals surface area (Å²) in [6.07, 6.45) is 3.11. The van der Waals surface area contributed by atoms with Gasteiger partial charge in [0.15, 0.2) is 0 Å². The van der Waals surface area contributed by atoms with Gasteiger partial charge in [0.05, 0.1) is 12.0 Å². The number of carbonyl (C=O) groups excluding carboxylic acids is 1. The molecule has 0 radical (unpaired) electrons. The van der Waals surface area contributed by atoms with E-state index in [1.54, 1.807) is 0 Å². The summed E-state index contributed by atoms with van der Waals surface area (Å²) in [7, 11) is 0. The third-order valence-corrected chi connectivity index (χ3v) is 3.59. The fraction of sp³-hybridized carbons (Fsp3) is 0.375. The minimum atomic E-state index is 0.0265. The number of aryl methyl sites for hydroxylation is 2. The standard InChI is InChI=1S/C16H22N4O/c1-12-13(2)20(11-18-12)8-4-7-16(21)19-15-6-3-5-14(9-15)10-17/h3,5-6,9,11H,4,7-8,10,17H2,1-2H3,(H,19,21). The summed E-state index contributed by atoms with van der Waals surface area (Å²) >= 11 is 0. The number of rotatable bonds is 6. The van der Waals surface area contributed by atoms with Crippen LogP contribution in [0.1, 0.15) is 29.8 Å². The quantitative estimate of drug-likeness (QED) is 0.856. The maximum Gasteiger partial charge on any atom is 0.224 e. The first-order valence-corrected chi connectivity index (χ1v) is 7.17. The summed E-state index contributed by atoms with van der Waals surface area (Å²) in [6.45, 7) is 5.32. The lowest BCUT2D eigenvalue weighted by molar-refractivity contribution is -0.116. The second-order valence-electron chi connectivity index (χ2n) is 5.17. The van der Waals surface area contributed by atoms with Gasteiger partial charge in [0.25, 0.3) is 0 Å². The third-order valence-electron chi connectivity index (χ3n) is 3.59. The van der Waals surface area contributed by atoms with Gasteiger partial charge in [0.2, 0.25) is 5.91 Å². The Hall–Kier alpha value is -2.14. The van der Waals surface area contributed by atoms with Crippen molar-refractivity contribution in [3.05, 3.63) is 47.5 Å². The molecule has 3 N–H and O–H groups in total. The molecule has 0 spiro atoms. The topological polar surface area (TPSA) is 72.9 Å². The van der Waals surface area contributed by atoms with Crippen molar-refractivity contribution in [2.24, 2.45) is 5.73 Å². The minimum Gasteiger partial charge on any atom is -0.335 e. The fourth-order valence-corrected chi connectivity index (χ4v) is 2.18. The summed E-state index contributed by atoms with van der Waals surface area (Å²) < 4.78 is 2.08. The van der Waals surface area contributed by atoms with E-state index in [4.69, 9.17) is 5.73 Å². The van der Waals surface area contributed by atoms with Gasteiger partial charge in [-0.15, -0.1) is 0 Å². The van der Waals surface area contributed by atoms with E-state index in [9.17, 15) is 4.79 Å². The number of hydrogen-bond donors (Lipinski definition) is 2. The Labute approximate surface area is 125 Å². The molecular weight excluding hydrogens is 264 g/mol. The van der Waals surface area contributed by atoms with Gasteiger partial charge in [0, 0.05) is 30.9 Å². The predicted octanol–water partition coefficient (Wildman–Crippen LogP) is 2.38. The Kier molecular flexibility index (Phi) is 5.11. The van der Waals surface area contributed by atoms with Crippen LogP contribution in [0, 0.1) is 13.8 Å². The molecule has 1 aromatic carbocycles. The average molecular weight is 286 g/mol. The summed E-state index contributed by atoms with van der Waals surface area (Å²) in [5, 5.41) is 2.90. The number of imidazole rings is 1. The van der Waals surface area contributed by atoms with Crippen molar-refractivity contribution in [1.29, 1.82) is 0 Å². The molecule has 2 rings (SSSR count). The molecule has 0 saturated heterocycles. The molecular formula is C16H22N4O. The Bertz CT molecular complexity index is 618. The predicted molar refractivity (Wildman–Crippen MR) is 83.9 cm³/mol. The molecule has 2 aromatic rings. The molecule has 0 aliphatic carbocycles. The van der Waals surface area contributed by atoms with Crippen LogP contribution in [0.25, 0.3) is 0 Å². The number of hydrogen-bond acceptors (Lipinski definition) is 3. The molecule has 112 valence electrons. The number of nitrogens with one attached hydrogen (secondary N) is 1. The van der Waals surface area contributed by atoms with E-state index in [0.29, 0.717) is 13.0 Å². The normalized spacial score (nSPS) is 10.6. The number of carbonyl (C=O) groups is 1. The van der Waals surface area contributed by atoms with Crippen molar-refractivity contribution in [1.82, 2.24) is 9.55 Å². The smallest absolute Gasteiger partial charge is 0.224 e. The van der Waals surface area contributed by atoms with Gasteiger partial charge < -0.3 is 15.6 Å². The largest absolute Gasteiger partial charge is 0.335 e. The van der Waals surface area contributed by atoms with Crippen LogP contribution in [0.5, 0.6) is 0 Å². The van der Waals surface area contributed by atoms with E-state index in [-0.39, 0.29) is 5.91 Å². The lowest BCUT2D eigenvalue weighted by atomic mass is 10.2. The van der Waals surface area contributed by atoms with Crippen molar-refractivity contribution >= 4 is 11.6 Å². The number of nitrogens with two attached hydrogens (primary N) is 1. The average Bonchev–Trinajstić information content (AvgIpc) is 2.79. The number of aromatic nitrogens is 2. The van der Waals surface area contributed by atoms with E-state index in [1.807, 2.05) is 44.4 Å². The number of nitrogens with zero attached hydrogens (tertiary/aromatic N) is 2. The number of amides is 1. The van der Waals surface area contributed by atoms with Crippen LogP contribution in [0.15, 0.2) is 30.6 Å². The SMILES string of the molecule is Cc1ncn(CCCC(=O)Nc2cccc(CN)c2)c1C. The highest BCUT2D eigenvalue weighted by Crippen LogP contribution is 2.11. The number of anilines is 1. The van der Waals surface area contributed by atoms with Gasteiger partial charge in [0.1, 0.15) is 0 Å². The van der Waals surface area contributed by atoms with E-state index >= 15 is 0 Å². The molecule has 5 nitrogen and oxygen atoms in total. The zero-order chi connectivity index (χ0) is 15.2. The molecule has 0 fully saturated rings. The van der Waals surface area contributed by atoms with E-state index < -0.39 is 0 Å². The molecule has 21 heavy (non-hydrogen) atoms. The maximum atomic E-state index is 11.9. The van der Waals surface area contributed by atoms with Crippen LogP contribution in [-0.4, -0.2) is 15.5 Å². The van der Waals surface area contributed by atoms with Crippen molar-refractivity contribution in [3.63, 3.8) is 0 Å². The van der Waals surface area contributed by atoms with Crippen LogP contribution in [0.4, 0.5) is 5.69 Å². The zero-order valence-electron chi connectivity index (χ0n) is 12.6. The Morgan fingerprint density at radius 3 is 2.86 bits per heavy atom. The van der Waals surface area contributed by atoms with Gasteiger partial charge in [-0.1, -0.05) is 12.1 Å². The van der Waals surface area contributed by atoms with Crippen LogP contribution in [-0.2, 0) is 17.9 Å². The lowest BCUT2D eigenvalue weighted by Crippen LogP contribution is -2.13. The summed E-state index contributed by atoms with van der Waals surface area (Å²) in [4.78, 5) is 16.2. The molecule has 5 heteroatoms. The fourth-order valence-electron chi connectivity index (χ4n) is 2.18. The molecule has 0 saturated carbocycles. The first-order chi connectivity index (χ1) is 10.1. The summed E-state index contributed by atoms with van der Waals surface area (Å²) in [6, 6.07) is 7.62. The van der Waals surface area contributed by atoms with E-state index in [1.165, 1.54) is 0 Å². The Balaban J connectivity index is 1.81. The second kappa shape index (κ2) is 7.04. The van der Waals surface area contributed by atoms with E-state index in [0.717, 1.165) is 35.6 Å². The summed E-state index contributed by atoms with van der Waals surface area (Å²) in [5.74, 6) is 0.0265. The van der Waals surface area contributed by atoms with Crippen LogP contribution in [0.3, 0.4) is 0 Å². The first kappa shape index (κ1) is 15.3. The Morgan fingerprint density at radius 1 is 1.38 bits per heavy atom. The molecule has 1 amide bonds. The molecule has 0 aliphatic rings. The van der Waals surface area contributed by atoms with Gasteiger partial charge in [-0.05, 0) is 38.0 Å². The van der Waals surface area contributed by atoms with Gasteiger partial charge >= 0.3 is 0 Å². The monoisotopic (exact) mass is 286 g/mol. The molecule has 1 aromatic heterocycles. The summed E-state index contributed by atoms with van der Waals surface area (Å²) in [5.41, 5.74) is 9.60. The number of benzene rings is 1. The Morgan fingerprint density at radius 2 is 2.19 bits per heavy atom. The van der Waals surface area contributed by atoms with Crippen LogP contribution >= 0.6 is 0 Å². The van der Waals surface area contributed by atoms with Crippen molar-refractivity contribution in [2.45, 2.75) is 39.8 Å². The molecule has 0 bridgehead atoms. The second-order valence-corrected chi connectivity index (χ2v) is 5.17. The minimum absolute atomic E-state index is 0.0265. The molecule has 1 heterocycles. The highest BCUT2D eigenvalue weighted by atomic mass is 16.1. The van der Waals surface area contributed by atoms with Crippen molar-refractivity contribution < 1.29 is 4.79 Å². The highest BCUT2D eigenvalue weighted by Gasteiger charge is 2.05. The maximum absolute atomic E-state index is 11.9. The molecule has 0 aliphatic heterocycles. The lowest BCUT2D eigenvalue weighted by Gasteiger charge is -2.08. The first-order valence-electron chi connectivity index (χ1n) is 7.17. The van der Waals surface area contributed by atoms with Crippen molar-refractivity contribution in [3.8, 4) is 0 Å². The highest BCUT2D eigenvalue weighted by molar-refractivity contribution is 5.90. The van der Waals surface area contributed by atoms with Gasteiger partial charge in [-0.2, -0.15) is 0 Å². The van der Waals surface area contributed by atoms with E-state index in [2.05, 4.69) is 14.9 Å². The third kappa shape index (κ3) is 4.16. The van der Waals surface area contributed by atoms with Crippen LogP contribution in [0.2, 0.25) is 0 Å². The van der Waals surface area contributed by atoms with Crippen LogP contribution < -0.4 is 11.1 Å². The molecule has 0 unspecified atom stereocenters.